The van der Waals surface area contributed by atoms with Crippen molar-refractivity contribution in [1.82, 2.24) is 4.90 Å². The van der Waals surface area contributed by atoms with Gasteiger partial charge in [0.25, 0.3) is 0 Å². The molecule has 1 aliphatic heterocycles. The molecule has 1 aromatic heterocycles. The molecule has 0 radical (unpaired) electrons. The molecule has 90 valence electrons. The molecule has 3 nitrogen and oxygen atoms in total. The van der Waals surface area contributed by atoms with E-state index in [1.807, 2.05) is 11.0 Å². The fourth-order valence-corrected chi connectivity index (χ4v) is 3.38. The monoisotopic (exact) mass is 266 g/mol. The Bertz CT molecular complexity index is 411. The maximum atomic E-state index is 12.0. The minimum atomic E-state index is 0.166. The summed E-state index contributed by atoms with van der Waals surface area (Å²) in [5.74, 6) is 0.982. The van der Waals surface area contributed by atoms with Crippen molar-refractivity contribution >= 4 is 29.0 Å². The van der Waals surface area contributed by atoms with Gasteiger partial charge < -0.3 is 4.90 Å². The summed E-state index contributed by atoms with van der Waals surface area (Å²) in [7, 11) is 0. The highest BCUT2D eigenvalue weighted by Gasteiger charge is 2.29. The molecule has 0 saturated carbocycles. The molecular formula is C12H14N2OS2. The number of hydrogen-bond donors (Lipinski definition) is 0. The van der Waals surface area contributed by atoms with Crippen molar-refractivity contribution in [3.05, 3.63) is 22.4 Å². The third kappa shape index (κ3) is 3.02. The van der Waals surface area contributed by atoms with Gasteiger partial charge in [-0.05, 0) is 35.2 Å². The van der Waals surface area contributed by atoms with E-state index in [1.165, 1.54) is 17.3 Å². The first kappa shape index (κ1) is 12.5. The molecule has 1 fully saturated rings. The zero-order valence-electron chi connectivity index (χ0n) is 9.46. The van der Waals surface area contributed by atoms with Gasteiger partial charge in [-0.2, -0.15) is 16.6 Å². The van der Waals surface area contributed by atoms with Crippen LogP contribution in [-0.2, 0) is 4.79 Å². The molecule has 0 unspecified atom stereocenters. The number of nitriles is 1. The summed E-state index contributed by atoms with van der Waals surface area (Å²) in [6.07, 6.45) is 2.14. The molecule has 0 spiro atoms. The standard InChI is InChI=1S/C12H14N2OS2/c13-4-7-17-9-12(15)14-5-1-2-11(14)10-3-6-16-8-10/h3,6,8,11H,1-2,5,7,9H2/t11-/m0/s1. The topological polar surface area (TPSA) is 44.1 Å². The van der Waals surface area contributed by atoms with Gasteiger partial charge in [0.15, 0.2) is 0 Å². The van der Waals surface area contributed by atoms with Crippen LogP contribution in [0.25, 0.3) is 0 Å². The molecule has 1 aliphatic rings. The molecular weight excluding hydrogens is 252 g/mol. The second kappa shape index (κ2) is 6.08. The summed E-state index contributed by atoms with van der Waals surface area (Å²) in [4.78, 5) is 14.0. The molecule has 1 aromatic rings. The van der Waals surface area contributed by atoms with Gasteiger partial charge >= 0.3 is 0 Å². The third-order valence-electron chi connectivity index (χ3n) is 2.89. The van der Waals surface area contributed by atoms with Gasteiger partial charge in [0.05, 0.1) is 23.6 Å². The first-order chi connectivity index (χ1) is 8.33. The van der Waals surface area contributed by atoms with Crippen LogP contribution in [0.4, 0.5) is 0 Å². The molecule has 1 amide bonds. The number of hydrogen-bond acceptors (Lipinski definition) is 4. The summed E-state index contributed by atoms with van der Waals surface area (Å²) >= 11 is 3.07. The first-order valence-electron chi connectivity index (χ1n) is 5.59. The quantitative estimate of drug-likeness (QED) is 0.787. The van der Waals surface area contributed by atoms with E-state index < -0.39 is 0 Å². The number of thioether (sulfide) groups is 1. The Labute approximate surface area is 109 Å². The van der Waals surface area contributed by atoms with E-state index in [4.69, 9.17) is 5.26 Å². The van der Waals surface area contributed by atoms with Crippen LogP contribution in [0.5, 0.6) is 0 Å². The van der Waals surface area contributed by atoms with Crippen molar-refractivity contribution in [2.24, 2.45) is 0 Å². The van der Waals surface area contributed by atoms with E-state index in [9.17, 15) is 4.79 Å². The van der Waals surface area contributed by atoms with Gasteiger partial charge in [0.1, 0.15) is 0 Å². The molecule has 0 N–H and O–H groups in total. The van der Waals surface area contributed by atoms with Gasteiger partial charge in [-0.3, -0.25) is 4.79 Å². The smallest absolute Gasteiger partial charge is 0.233 e. The summed E-state index contributed by atoms with van der Waals surface area (Å²) in [6.45, 7) is 0.854. The van der Waals surface area contributed by atoms with Crippen molar-refractivity contribution in [2.45, 2.75) is 18.9 Å². The maximum absolute atomic E-state index is 12.0. The Kier molecular flexibility index (Phi) is 4.46. The van der Waals surface area contributed by atoms with Gasteiger partial charge in [-0.15, -0.1) is 11.8 Å². The van der Waals surface area contributed by atoms with Crippen LogP contribution in [0.3, 0.4) is 0 Å². The number of likely N-dealkylation sites (tertiary alicyclic amines) is 1. The third-order valence-corrected chi connectivity index (χ3v) is 4.38. The van der Waals surface area contributed by atoms with Crippen LogP contribution < -0.4 is 0 Å². The second-order valence-electron chi connectivity index (χ2n) is 3.95. The predicted molar refractivity (Wildman–Crippen MR) is 70.9 cm³/mol. The summed E-state index contributed by atoms with van der Waals surface area (Å²) in [6, 6.07) is 4.41. The maximum Gasteiger partial charge on any atom is 0.233 e. The molecule has 17 heavy (non-hydrogen) atoms. The Hall–Kier alpha value is -0.990. The fourth-order valence-electron chi connectivity index (χ4n) is 2.14. The highest BCUT2D eigenvalue weighted by molar-refractivity contribution is 8.00. The lowest BCUT2D eigenvalue weighted by atomic mass is 10.1. The molecule has 1 atom stereocenters. The second-order valence-corrected chi connectivity index (χ2v) is 5.72. The van der Waals surface area contributed by atoms with Crippen LogP contribution in [0.1, 0.15) is 24.4 Å². The Balaban J connectivity index is 1.95. The van der Waals surface area contributed by atoms with Crippen LogP contribution in [0.2, 0.25) is 0 Å². The highest BCUT2D eigenvalue weighted by atomic mass is 32.2. The lowest BCUT2D eigenvalue weighted by Gasteiger charge is -2.24. The van der Waals surface area contributed by atoms with E-state index in [0.717, 1.165) is 19.4 Å². The normalized spacial score (nSPS) is 19.2. The van der Waals surface area contributed by atoms with Gasteiger partial charge in [-0.25, -0.2) is 0 Å². The number of thiophene rings is 1. The molecule has 1 saturated heterocycles. The van der Waals surface area contributed by atoms with E-state index in [1.54, 1.807) is 11.3 Å². The Morgan fingerprint density at radius 2 is 2.59 bits per heavy atom. The van der Waals surface area contributed by atoms with Gasteiger partial charge in [0.2, 0.25) is 5.91 Å². The lowest BCUT2D eigenvalue weighted by Crippen LogP contribution is -2.31. The zero-order chi connectivity index (χ0) is 12.1. The summed E-state index contributed by atoms with van der Waals surface area (Å²) < 4.78 is 0. The number of carbonyl (C=O) groups is 1. The van der Waals surface area contributed by atoms with Crippen molar-refractivity contribution in [3.63, 3.8) is 0 Å². The molecule has 0 aliphatic carbocycles. The molecule has 2 rings (SSSR count). The van der Waals surface area contributed by atoms with Crippen LogP contribution in [0, 0.1) is 11.3 Å². The molecule has 0 aromatic carbocycles. The predicted octanol–water partition coefficient (Wildman–Crippen LogP) is 2.67. The minimum Gasteiger partial charge on any atom is -0.335 e. The largest absolute Gasteiger partial charge is 0.335 e. The zero-order valence-corrected chi connectivity index (χ0v) is 11.1. The van der Waals surface area contributed by atoms with Crippen molar-refractivity contribution in [1.29, 1.82) is 5.26 Å². The Morgan fingerprint density at radius 1 is 1.71 bits per heavy atom. The highest BCUT2D eigenvalue weighted by Crippen LogP contribution is 2.33. The molecule has 0 bridgehead atoms. The average molecular weight is 266 g/mol. The Morgan fingerprint density at radius 3 is 3.29 bits per heavy atom. The van der Waals surface area contributed by atoms with E-state index in [0.29, 0.717) is 11.5 Å². The van der Waals surface area contributed by atoms with Gasteiger partial charge in [-0.1, -0.05) is 0 Å². The number of nitrogens with zero attached hydrogens (tertiary/aromatic N) is 2. The van der Waals surface area contributed by atoms with Gasteiger partial charge in [0, 0.05) is 6.54 Å². The SMILES string of the molecule is N#CCSCC(=O)N1CCC[C@H]1c1ccsc1. The van der Waals surface area contributed by atoms with Crippen LogP contribution in [-0.4, -0.2) is 28.9 Å². The van der Waals surface area contributed by atoms with Crippen LogP contribution >= 0.6 is 23.1 Å². The van der Waals surface area contributed by atoms with E-state index >= 15 is 0 Å². The summed E-state index contributed by atoms with van der Waals surface area (Å²) in [5.41, 5.74) is 1.26. The van der Waals surface area contributed by atoms with E-state index in [-0.39, 0.29) is 11.9 Å². The first-order valence-corrected chi connectivity index (χ1v) is 7.69. The number of amides is 1. The van der Waals surface area contributed by atoms with Crippen molar-refractivity contribution < 1.29 is 4.79 Å². The van der Waals surface area contributed by atoms with Crippen molar-refractivity contribution in [3.8, 4) is 6.07 Å². The number of rotatable bonds is 4. The lowest BCUT2D eigenvalue weighted by molar-refractivity contribution is -0.129. The molecule has 5 heteroatoms. The van der Waals surface area contributed by atoms with Crippen molar-refractivity contribution in [2.75, 3.05) is 18.1 Å². The van der Waals surface area contributed by atoms with E-state index in [2.05, 4.69) is 16.8 Å². The number of carbonyl (C=O) groups excluding carboxylic acids is 1. The fraction of sp³-hybridized carbons (Fsp3) is 0.500. The average Bonchev–Trinajstić information content (AvgIpc) is 2.99. The summed E-state index contributed by atoms with van der Waals surface area (Å²) in [5, 5.41) is 12.6. The minimum absolute atomic E-state index is 0.166. The van der Waals surface area contributed by atoms with Crippen LogP contribution in [0.15, 0.2) is 16.8 Å². The molecule has 2 heterocycles.